The van der Waals surface area contributed by atoms with Crippen LogP contribution in [0.3, 0.4) is 0 Å². The van der Waals surface area contributed by atoms with Crippen LogP contribution in [0.25, 0.3) is 0 Å². The number of hydrogen-bond donors (Lipinski definition) is 1. The minimum Gasteiger partial charge on any atom is -0.469 e. The molecule has 2 rings (SSSR count). The summed E-state index contributed by atoms with van der Waals surface area (Å²) in [6, 6.07) is 5.13. The van der Waals surface area contributed by atoms with Gasteiger partial charge in [-0.2, -0.15) is 5.06 Å². The van der Waals surface area contributed by atoms with Gasteiger partial charge in [0.2, 0.25) is 0 Å². The molecule has 1 saturated heterocycles. The molecule has 1 fully saturated rings. The van der Waals surface area contributed by atoms with Crippen LogP contribution >= 0.6 is 11.6 Å². The molecular formula is C14H16ClNO5. The first-order valence-electron chi connectivity index (χ1n) is 6.38. The van der Waals surface area contributed by atoms with E-state index in [9.17, 15) is 14.8 Å². The molecule has 1 heterocycles. The molecule has 0 unspecified atom stereocenters. The Hall–Kier alpha value is -1.63. The quantitative estimate of drug-likeness (QED) is 0.858. The minimum atomic E-state index is -0.903. The normalized spacial score (nSPS) is 25.6. The van der Waals surface area contributed by atoms with Crippen LogP contribution in [0.2, 0.25) is 5.02 Å². The Kier molecular flexibility index (Phi) is 4.82. The van der Waals surface area contributed by atoms with E-state index >= 15 is 0 Å². The summed E-state index contributed by atoms with van der Waals surface area (Å²) in [6.07, 6.45) is 0.128. The van der Waals surface area contributed by atoms with Crippen molar-refractivity contribution in [2.75, 3.05) is 14.2 Å². The molecule has 0 amide bonds. The zero-order chi connectivity index (χ0) is 15.6. The lowest BCUT2D eigenvalue weighted by molar-refractivity contribution is -0.177. The zero-order valence-electron chi connectivity index (χ0n) is 11.7. The van der Waals surface area contributed by atoms with Crippen molar-refractivity contribution in [2.24, 2.45) is 5.92 Å². The van der Waals surface area contributed by atoms with Gasteiger partial charge < -0.3 is 14.7 Å². The number of esters is 2. The fourth-order valence-corrected chi connectivity index (χ4v) is 2.74. The highest BCUT2D eigenvalue weighted by atomic mass is 35.5. The first-order chi connectivity index (χ1) is 9.99. The van der Waals surface area contributed by atoms with Crippen LogP contribution in [0.15, 0.2) is 24.3 Å². The zero-order valence-corrected chi connectivity index (χ0v) is 12.4. The average Bonchev–Trinajstić information content (AvgIpc) is 2.84. The molecule has 0 aliphatic carbocycles. The standard InChI is InChI=1S/C14H16ClNO5/c1-20-13(17)10-7-11(14(18)21-2)16(19)12(10)8-3-5-9(15)6-4-8/h3-6,10-12,19H,7H2,1-2H3/t10-,11-,12-/m0/s1. The highest BCUT2D eigenvalue weighted by Crippen LogP contribution is 2.41. The Morgan fingerprint density at radius 1 is 1.19 bits per heavy atom. The van der Waals surface area contributed by atoms with E-state index in [1.807, 2.05) is 0 Å². The van der Waals surface area contributed by atoms with Gasteiger partial charge >= 0.3 is 11.9 Å². The third-order valence-corrected chi connectivity index (χ3v) is 3.90. The van der Waals surface area contributed by atoms with Gasteiger partial charge in [0, 0.05) is 5.02 Å². The summed E-state index contributed by atoms with van der Waals surface area (Å²) in [4.78, 5) is 23.6. The summed E-state index contributed by atoms with van der Waals surface area (Å²) >= 11 is 5.84. The van der Waals surface area contributed by atoms with Gasteiger partial charge in [0.15, 0.2) is 0 Å². The van der Waals surface area contributed by atoms with Crippen molar-refractivity contribution in [1.82, 2.24) is 5.06 Å². The van der Waals surface area contributed by atoms with Crippen LogP contribution in [-0.4, -0.2) is 42.5 Å². The summed E-state index contributed by atoms with van der Waals surface area (Å²) in [5.74, 6) is -1.74. The Balaban J connectivity index is 2.36. The molecule has 1 aliphatic heterocycles. The molecule has 1 aliphatic rings. The van der Waals surface area contributed by atoms with Gasteiger partial charge in [-0.3, -0.25) is 9.59 Å². The fraction of sp³-hybridized carbons (Fsp3) is 0.429. The van der Waals surface area contributed by atoms with Crippen molar-refractivity contribution < 1.29 is 24.3 Å². The smallest absolute Gasteiger partial charge is 0.325 e. The lowest BCUT2D eigenvalue weighted by atomic mass is 9.93. The highest BCUT2D eigenvalue weighted by Gasteiger charge is 2.49. The number of ether oxygens (including phenoxy) is 2. The third kappa shape index (κ3) is 3.02. The van der Waals surface area contributed by atoms with Gasteiger partial charge in [0.1, 0.15) is 6.04 Å². The molecule has 21 heavy (non-hydrogen) atoms. The molecule has 1 aromatic rings. The second-order valence-electron chi connectivity index (χ2n) is 4.78. The first-order valence-corrected chi connectivity index (χ1v) is 6.75. The van der Waals surface area contributed by atoms with Crippen molar-refractivity contribution in [3.63, 3.8) is 0 Å². The fourth-order valence-electron chi connectivity index (χ4n) is 2.62. The number of halogens is 1. The third-order valence-electron chi connectivity index (χ3n) is 3.65. The molecule has 7 heteroatoms. The van der Waals surface area contributed by atoms with Crippen LogP contribution in [0.1, 0.15) is 18.0 Å². The van der Waals surface area contributed by atoms with E-state index < -0.39 is 29.9 Å². The lowest BCUT2D eigenvalue weighted by Gasteiger charge is -2.24. The van der Waals surface area contributed by atoms with Gasteiger partial charge in [0.25, 0.3) is 0 Å². The summed E-state index contributed by atoms with van der Waals surface area (Å²) in [6.45, 7) is 0. The second-order valence-corrected chi connectivity index (χ2v) is 5.22. The highest BCUT2D eigenvalue weighted by molar-refractivity contribution is 6.30. The van der Waals surface area contributed by atoms with Gasteiger partial charge in [-0.05, 0) is 24.1 Å². The van der Waals surface area contributed by atoms with E-state index in [4.69, 9.17) is 16.3 Å². The predicted octanol–water partition coefficient (Wildman–Crippen LogP) is 1.81. The molecule has 0 saturated carbocycles. The number of benzene rings is 1. The van der Waals surface area contributed by atoms with E-state index in [1.54, 1.807) is 24.3 Å². The number of hydrogen-bond acceptors (Lipinski definition) is 6. The van der Waals surface area contributed by atoms with Gasteiger partial charge in [-0.25, -0.2) is 0 Å². The largest absolute Gasteiger partial charge is 0.469 e. The first kappa shape index (κ1) is 15.8. The molecule has 6 nitrogen and oxygen atoms in total. The lowest BCUT2D eigenvalue weighted by Crippen LogP contribution is -2.36. The minimum absolute atomic E-state index is 0.128. The second kappa shape index (κ2) is 6.43. The maximum atomic E-state index is 11.9. The van der Waals surface area contributed by atoms with E-state index in [2.05, 4.69) is 4.74 Å². The van der Waals surface area contributed by atoms with Crippen LogP contribution in [0, 0.1) is 5.92 Å². The van der Waals surface area contributed by atoms with Gasteiger partial charge in [-0.1, -0.05) is 23.7 Å². The number of methoxy groups -OCH3 is 2. The molecular weight excluding hydrogens is 298 g/mol. The van der Waals surface area contributed by atoms with Crippen LogP contribution in [-0.2, 0) is 19.1 Å². The van der Waals surface area contributed by atoms with Crippen molar-refractivity contribution in [1.29, 1.82) is 0 Å². The van der Waals surface area contributed by atoms with Gasteiger partial charge in [-0.15, -0.1) is 0 Å². The Bertz CT molecular complexity index is 533. The maximum Gasteiger partial charge on any atom is 0.325 e. The molecule has 0 bridgehead atoms. The molecule has 3 atom stereocenters. The summed E-state index contributed by atoms with van der Waals surface area (Å²) in [5, 5.41) is 11.7. The van der Waals surface area contributed by atoms with Crippen molar-refractivity contribution >= 4 is 23.5 Å². The molecule has 1 N–H and O–H groups in total. The number of nitrogens with zero attached hydrogens (tertiary/aromatic N) is 1. The number of carbonyl (C=O) groups is 2. The maximum absolute atomic E-state index is 11.9. The summed E-state index contributed by atoms with van der Waals surface area (Å²) in [5.41, 5.74) is 0.670. The topological polar surface area (TPSA) is 76.1 Å². The number of rotatable bonds is 3. The summed E-state index contributed by atoms with van der Waals surface area (Å²) < 4.78 is 9.42. The number of hydroxylamine groups is 2. The predicted molar refractivity (Wildman–Crippen MR) is 73.7 cm³/mol. The van der Waals surface area contributed by atoms with E-state index in [-0.39, 0.29) is 6.42 Å². The van der Waals surface area contributed by atoms with Gasteiger partial charge in [0.05, 0.1) is 26.2 Å². The van der Waals surface area contributed by atoms with Crippen molar-refractivity contribution in [2.45, 2.75) is 18.5 Å². The molecule has 0 aromatic heterocycles. The van der Waals surface area contributed by atoms with Crippen LogP contribution < -0.4 is 0 Å². The Labute approximate surface area is 127 Å². The average molecular weight is 314 g/mol. The van der Waals surface area contributed by atoms with Crippen molar-refractivity contribution in [3.05, 3.63) is 34.9 Å². The summed E-state index contributed by atoms with van der Waals surface area (Å²) in [7, 11) is 2.51. The molecule has 0 radical (unpaired) electrons. The van der Waals surface area contributed by atoms with E-state index in [1.165, 1.54) is 14.2 Å². The SMILES string of the molecule is COC(=O)[C@H]1C[C@@H](C(=O)OC)N(O)[C@H]1c1ccc(Cl)cc1. The Morgan fingerprint density at radius 3 is 2.29 bits per heavy atom. The molecule has 114 valence electrons. The molecule has 0 spiro atoms. The van der Waals surface area contributed by atoms with Crippen LogP contribution in [0.4, 0.5) is 0 Å². The molecule has 1 aromatic carbocycles. The van der Waals surface area contributed by atoms with E-state index in [0.29, 0.717) is 10.6 Å². The number of carbonyl (C=O) groups excluding carboxylic acids is 2. The monoisotopic (exact) mass is 313 g/mol. The van der Waals surface area contributed by atoms with E-state index in [0.717, 1.165) is 5.06 Å². The van der Waals surface area contributed by atoms with Crippen LogP contribution in [0.5, 0.6) is 0 Å². The Morgan fingerprint density at radius 2 is 1.76 bits per heavy atom. The van der Waals surface area contributed by atoms with Crippen molar-refractivity contribution in [3.8, 4) is 0 Å².